The molecule has 136 valence electrons. The molecule has 0 aromatic heterocycles. The molecule has 0 radical (unpaired) electrons. The first-order valence-corrected chi connectivity index (χ1v) is 9.50. The van der Waals surface area contributed by atoms with Crippen LogP contribution in [0.15, 0.2) is 40.4 Å². The number of rotatable bonds is 7. The van der Waals surface area contributed by atoms with E-state index in [2.05, 4.69) is 6.92 Å². The molecule has 4 nitrogen and oxygen atoms in total. The van der Waals surface area contributed by atoms with Crippen molar-refractivity contribution >= 4 is 29.1 Å². The summed E-state index contributed by atoms with van der Waals surface area (Å²) in [6, 6.07) is 4.99. The molecule has 1 aromatic rings. The van der Waals surface area contributed by atoms with Crippen LogP contribution in [-0.2, 0) is 0 Å². The highest BCUT2D eigenvalue weighted by Crippen LogP contribution is 2.40. The number of carbonyl (C=O) groups is 1. The molecule has 0 atom stereocenters. The van der Waals surface area contributed by atoms with Gasteiger partial charge in [0, 0.05) is 17.6 Å². The van der Waals surface area contributed by atoms with E-state index in [1.807, 2.05) is 10.3 Å². The average Bonchev–Trinajstić information content (AvgIpc) is 2.95. The van der Waals surface area contributed by atoms with Crippen LogP contribution in [0.25, 0.3) is 0 Å². The second-order valence-electron chi connectivity index (χ2n) is 6.38. The molecule has 2 rings (SSSR count). The average molecular weight is 382 g/mol. The quantitative estimate of drug-likeness (QED) is 0.541. The van der Waals surface area contributed by atoms with E-state index in [1.165, 1.54) is 18.9 Å². The Balaban J connectivity index is 2.33. The Hall–Kier alpha value is -1.43. The van der Waals surface area contributed by atoms with Crippen molar-refractivity contribution in [3.63, 3.8) is 0 Å². The van der Waals surface area contributed by atoms with E-state index in [4.69, 9.17) is 16.3 Å². The molecule has 1 aliphatic heterocycles. The van der Waals surface area contributed by atoms with Gasteiger partial charge in [-0.25, -0.2) is 0 Å². The van der Waals surface area contributed by atoms with Gasteiger partial charge in [0.15, 0.2) is 5.78 Å². The number of ether oxygens (including phenoxy) is 1. The predicted octanol–water partition coefficient (Wildman–Crippen LogP) is 4.83. The molecule has 0 bridgehead atoms. The van der Waals surface area contributed by atoms with Crippen molar-refractivity contribution in [2.24, 2.45) is 0 Å². The second-order valence-corrected chi connectivity index (χ2v) is 7.70. The van der Waals surface area contributed by atoms with Crippen LogP contribution in [0.5, 0.6) is 5.75 Å². The lowest BCUT2D eigenvalue weighted by atomic mass is 10.0. The van der Waals surface area contributed by atoms with Gasteiger partial charge in [-0.15, -0.1) is 0 Å². The van der Waals surface area contributed by atoms with Crippen LogP contribution < -0.4 is 4.74 Å². The third-order valence-corrected chi connectivity index (χ3v) is 5.05. The topological polar surface area (TPSA) is 49.8 Å². The van der Waals surface area contributed by atoms with Gasteiger partial charge in [-0.2, -0.15) is 0 Å². The van der Waals surface area contributed by atoms with E-state index in [0.29, 0.717) is 16.3 Å². The predicted molar refractivity (Wildman–Crippen MR) is 104 cm³/mol. The van der Waals surface area contributed by atoms with Crippen LogP contribution in [0, 0.1) is 0 Å². The molecule has 0 saturated carbocycles. The summed E-state index contributed by atoms with van der Waals surface area (Å²) in [5.74, 6) is 0.318. The molecule has 1 aromatic carbocycles. The number of methoxy groups -OCH3 is 1. The Labute approximate surface area is 158 Å². The third kappa shape index (κ3) is 4.81. The van der Waals surface area contributed by atoms with Gasteiger partial charge in [0.2, 0.25) is 0 Å². The Bertz CT molecular complexity index is 707. The zero-order valence-corrected chi connectivity index (χ0v) is 16.6. The molecule has 0 aliphatic carbocycles. The summed E-state index contributed by atoms with van der Waals surface area (Å²) in [5.41, 5.74) is 0.269. The number of allylic oxidation sites excluding steroid dienone is 1. The molecule has 1 N–H and O–H groups in total. The standard InChI is InChI=1S/C19H24ClNO3S/c1-5-6-9-21-17(19(2,3)23)12-25-18(21)11-15(22)14-10-13(20)7-8-16(14)24-4/h7-8,10-12,23H,5-6,9H2,1-4H3/b18-11-. The minimum absolute atomic E-state index is 0.172. The number of ketones is 1. The Morgan fingerprint density at radius 2 is 2.16 bits per heavy atom. The van der Waals surface area contributed by atoms with E-state index in [1.54, 1.807) is 38.1 Å². The first-order chi connectivity index (χ1) is 11.8. The van der Waals surface area contributed by atoms with Gasteiger partial charge >= 0.3 is 0 Å². The number of benzene rings is 1. The summed E-state index contributed by atoms with van der Waals surface area (Å²) in [4.78, 5) is 14.8. The molecule has 1 heterocycles. The van der Waals surface area contributed by atoms with E-state index in [-0.39, 0.29) is 5.78 Å². The van der Waals surface area contributed by atoms with Crippen molar-refractivity contribution in [2.45, 2.75) is 39.2 Å². The molecule has 0 fully saturated rings. The van der Waals surface area contributed by atoms with Crippen molar-refractivity contribution in [3.05, 3.63) is 51.0 Å². The normalized spacial score (nSPS) is 16.3. The summed E-state index contributed by atoms with van der Waals surface area (Å²) < 4.78 is 5.27. The fourth-order valence-electron chi connectivity index (χ4n) is 2.56. The van der Waals surface area contributed by atoms with Crippen LogP contribution in [0.4, 0.5) is 0 Å². The first kappa shape index (κ1) is 19.9. The first-order valence-electron chi connectivity index (χ1n) is 8.24. The maximum absolute atomic E-state index is 12.8. The zero-order valence-electron chi connectivity index (χ0n) is 15.0. The van der Waals surface area contributed by atoms with Crippen LogP contribution in [0.1, 0.15) is 44.0 Å². The largest absolute Gasteiger partial charge is 0.496 e. The lowest BCUT2D eigenvalue weighted by molar-refractivity contribution is 0.0917. The van der Waals surface area contributed by atoms with Crippen molar-refractivity contribution in [1.29, 1.82) is 0 Å². The Morgan fingerprint density at radius 1 is 1.44 bits per heavy atom. The van der Waals surface area contributed by atoms with Gasteiger partial charge in [-0.3, -0.25) is 4.79 Å². The summed E-state index contributed by atoms with van der Waals surface area (Å²) in [5, 5.41) is 13.6. The summed E-state index contributed by atoms with van der Waals surface area (Å²) in [7, 11) is 1.53. The van der Waals surface area contributed by atoms with Gasteiger partial charge in [-0.1, -0.05) is 36.7 Å². The lowest BCUT2D eigenvalue weighted by Gasteiger charge is -2.30. The van der Waals surface area contributed by atoms with E-state index < -0.39 is 5.60 Å². The number of thioether (sulfide) groups is 1. The smallest absolute Gasteiger partial charge is 0.192 e. The van der Waals surface area contributed by atoms with Crippen molar-refractivity contribution in [2.75, 3.05) is 13.7 Å². The van der Waals surface area contributed by atoms with Crippen LogP contribution >= 0.6 is 23.4 Å². The number of hydrogen-bond acceptors (Lipinski definition) is 5. The summed E-state index contributed by atoms with van der Waals surface area (Å²) in [6.07, 6.45) is 3.59. The fourth-order valence-corrected chi connectivity index (χ4v) is 3.87. The number of aliphatic hydroxyl groups is 1. The molecule has 1 aliphatic rings. The Kier molecular flexibility index (Phi) is 6.60. The molecule has 0 spiro atoms. The molecule has 0 amide bonds. The van der Waals surface area contributed by atoms with Crippen LogP contribution in [0.3, 0.4) is 0 Å². The minimum atomic E-state index is -0.965. The number of carbonyl (C=O) groups excluding carboxylic acids is 1. The molecule has 6 heteroatoms. The highest BCUT2D eigenvalue weighted by Gasteiger charge is 2.31. The van der Waals surface area contributed by atoms with Gasteiger partial charge in [0.1, 0.15) is 5.75 Å². The van der Waals surface area contributed by atoms with Gasteiger partial charge < -0.3 is 14.7 Å². The number of halogens is 1. The number of nitrogens with zero attached hydrogens (tertiary/aromatic N) is 1. The third-order valence-electron chi connectivity index (χ3n) is 3.89. The van der Waals surface area contributed by atoms with E-state index in [9.17, 15) is 9.90 Å². The summed E-state index contributed by atoms with van der Waals surface area (Å²) >= 11 is 7.47. The molecular formula is C19H24ClNO3S. The van der Waals surface area contributed by atoms with Crippen LogP contribution in [0.2, 0.25) is 5.02 Å². The van der Waals surface area contributed by atoms with Crippen LogP contribution in [-0.4, -0.2) is 35.0 Å². The van der Waals surface area contributed by atoms with E-state index >= 15 is 0 Å². The molecule has 0 unspecified atom stereocenters. The Morgan fingerprint density at radius 3 is 2.76 bits per heavy atom. The van der Waals surface area contributed by atoms with Gasteiger partial charge in [0.05, 0.1) is 29.0 Å². The van der Waals surface area contributed by atoms with Gasteiger partial charge in [-0.05, 0) is 43.9 Å². The molecule has 25 heavy (non-hydrogen) atoms. The second kappa shape index (κ2) is 8.30. The maximum atomic E-state index is 12.8. The summed E-state index contributed by atoms with van der Waals surface area (Å²) in [6.45, 7) is 6.37. The van der Waals surface area contributed by atoms with Gasteiger partial charge in [0.25, 0.3) is 0 Å². The molecular weight excluding hydrogens is 358 g/mol. The monoisotopic (exact) mass is 381 g/mol. The minimum Gasteiger partial charge on any atom is -0.496 e. The SMILES string of the molecule is CCCCN1C(C(C)(C)O)=CS/C1=C\C(=O)c1cc(Cl)ccc1OC. The fraction of sp³-hybridized carbons (Fsp3) is 0.421. The maximum Gasteiger partial charge on any atom is 0.192 e. The molecule has 0 saturated heterocycles. The number of hydrogen-bond donors (Lipinski definition) is 1. The zero-order chi connectivity index (χ0) is 18.6. The highest BCUT2D eigenvalue weighted by molar-refractivity contribution is 8.06. The van der Waals surface area contributed by atoms with Crippen molar-refractivity contribution < 1.29 is 14.6 Å². The highest BCUT2D eigenvalue weighted by atomic mass is 35.5. The van der Waals surface area contributed by atoms with Crippen molar-refractivity contribution in [1.82, 2.24) is 4.90 Å². The van der Waals surface area contributed by atoms with E-state index in [0.717, 1.165) is 30.1 Å². The van der Waals surface area contributed by atoms with Crippen molar-refractivity contribution in [3.8, 4) is 5.75 Å². The number of unbranched alkanes of at least 4 members (excludes halogenated alkanes) is 1. The lowest BCUT2D eigenvalue weighted by Crippen LogP contribution is -2.33.